The first-order valence-corrected chi connectivity index (χ1v) is 4.86. The molecule has 2 rings (SSSR count). The fourth-order valence-electron chi connectivity index (χ4n) is 1.90. The van der Waals surface area contributed by atoms with Crippen molar-refractivity contribution < 1.29 is 0 Å². The smallest absolute Gasteiger partial charge is 0.200 e. The summed E-state index contributed by atoms with van der Waals surface area (Å²) in [5.41, 5.74) is 7.03. The highest BCUT2D eigenvalue weighted by atomic mass is 15.6. The number of rotatable bonds is 1. The number of nitrogens with two attached hydrogens (primary N) is 1. The number of aryl methyl sites for hydroxylation is 1. The average molecular weight is 193 g/mol. The summed E-state index contributed by atoms with van der Waals surface area (Å²) < 4.78 is 0. The van der Waals surface area contributed by atoms with E-state index in [0.717, 1.165) is 24.2 Å². The van der Waals surface area contributed by atoms with Crippen molar-refractivity contribution in [3.63, 3.8) is 0 Å². The highest BCUT2D eigenvalue weighted by Crippen LogP contribution is 2.27. The van der Waals surface area contributed by atoms with Crippen molar-refractivity contribution in [2.45, 2.75) is 25.8 Å². The third-order valence-corrected chi connectivity index (χ3v) is 2.45. The Kier molecular flexibility index (Phi) is 2.33. The Morgan fingerprint density at radius 1 is 1.57 bits per heavy atom. The van der Waals surface area contributed by atoms with Gasteiger partial charge in [-0.2, -0.15) is 4.80 Å². The van der Waals surface area contributed by atoms with Gasteiger partial charge in [0, 0.05) is 6.04 Å². The minimum Gasteiger partial charge on any atom is -0.324 e. The van der Waals surface area contributed by atoms with E-state index < -0.39 is 0 Å². The van der Waals surface area contributed by atoms with Crippen molar-refractivity contribution in [3.8, 4) is 0 Å². The summed E-state index contributed by atoms with van der Waals surface area (Å²) in [7, 11) is 1.77. The predicted molar refractivity (Wildman–Crippen MR) is 53.1 cm³/mol. The minimum atomic E-state index is 0.137. The normalized spacial score (nSPS) is 27.5. The van der Waals surface area contributed by atoms with E-state index in [2.05, 4.69) is 28.4 Å². The van der Waals surface area contributed by atoms with E-state index in [9.17, 15) is 0 Å². The Bertz CT molecular complexity index is 354. The van der Waals surface area contributed by atoms with Crippen LogP contribution in [0, 0.1) is 5.92 Å². The van der Waals surface area contributed by atoms with Crippen LogP contribution in [-0.2, 0) is 7.05 Å². The molecule has 0 saturated heterocycles. The van der Waals surface area contributed by atoms with Crippen molar-refractivity contribution in [1.82, 2.24) is 20.2 Å². The topological polar surface area (TPSA) is 69.6 Å². The number of allylic oxidation sites excluding steroid dienone is 1. The Morgan fingerprint density at radius 2 is 2.36 bits per heavy atom. The summed E-state index contributed by atoms with van der Waals surface area (Å²) in [5.74, 6) is 1.32. The van der Waals surface area contributed by atoms with Gasteiger partial charge in [-0.15, -0.1) is 10.2 Å². The molecule has 1 aromatic heterocycles. The standard InChI is InChI=1S/C9H15N5/c1-6-3-7(5-8(10)4-6)9-11-13-14(2)12-9/h5-6,8H,3-4,10H2,1-2H3. The maximum atomic E-state index is 5.90. The number of aromatic nitrogens is 4. The third-order valence-electron chi connectivity index (χ3n) is 2.45. The van der Waals surface area contributed by atoms with E-state index >= 15 is 0 Å². The molecule has 1 aliphatic rings. The van der Waals surface area contributed by atoms with E-state index in [1.54, 1.807) is 7.05 Å². The van der Waals surface area contributed by atoms with Gasteiger partial charge in [0.25, 0.3) is 0 Å². The van der Waals surface area contributed by atoms with Crippen LogP contribution in [0.1, 0.15) is 25.6 Å². The number of hydrogen-bond acceptors (Lipinski definition) is 4. The Morgan fingerprint density at radius 3 is 2.93 bits per heavy atom. The van der Waals surface area contributed by atoms with Gasteiger partial charge in [0.1, 0.15) is 0 Å². The molecule has 76 valence electrons. The molecule has 2 N–H and O–H groups in total. The molecule has 1 aromatic rings. The quantitative estimate of drug-likeness (QED) is 0.698. The molecule has 0 aromatic carbocycles. The zero-order valence-corrected chi connectivity index (χ0v) is 8.51. The first kappa shape index (κ1) is 9.33. The van der Waals surface area contributed by atoms with Gasteiger partial charge < -0.3 is 5.73 Å². The molecule has 0 spiro atoms. The van der Waals surface area contributed by atoms with E-state index in [0.29, 0.717) is 5.92 Å². The highest BCUT2D eigenvalue weighted by Gasteiger charge is 2.20. The van der Waals surface area contributed by atoms with Crippen LogP contribution in [0.3, 0.4) is 0 Å². The Hall–Kier alpha value is -1.23. The Balaban J connectivity index is 2.25. The monoisotopic (exact) mass is 193 g/mol. The van der Waals surface area contributed by atoms with Gasteiger partial charge in [-0.1, -0.05) is 13.0 Å². The number of tetrazole rings is 1. The molecule has 1 heterocycles. The minimum absolute atomic E-state index is 0.137. The fraction of sp³-hybridized carbons (Fsp3) is 0.667. The molecule has 0 fully saturated rings. The van der Waals surface area contributed by atoms with Crippen LogP contribution in [0.15, 0.2) is 6.08 Å². The summed E-state index contributed by atoms with van der Waals surface area (Å²) in [4.78, 5) is 1.47. The van der Waals surface area contributed by atoms with E-state index in [1.807, 2.05) is 0 Å². The molecule has 0 amide bonds. The molecular formula is C9H15N5. The number of nitrogens with zero attached hydrogens (tertiary/aromatic N) is 4. The lowest BCUT2D eigenvalue weighted by atomic mass is 9.87. The molecule has 2 unspecified atom stereocenters. The second kappa shape index (κ2) is 3.49. The second-order valence-corrected chi connectivity index (χ2v) is 4.00. The van der Waals surface area contributed by atoms with Crippen molar-refractivity contribution in [1.29, 1.82) is 0 Å². The maximum Gasteiger partial charge on any atom is 0.200 e. The van der Waals surface area contributed by atoms with Gasteiger partial charge in [-0.25, -0.2) is 0 Å². The molecule has 5 nitrogen and oxygen atoms in total. The lowest BCUT2D eigenvalue weighted by Crippen LogP contribution is -2.24. The molecule has 0 radical (unpaired) electrons. The van der Waals surface area contributed by atoms with Crippen LogP contribution in [0.25, 0.3) is 5.57 Å². The lowest BCUT2D eigenvalue weighted by molar-refractivity contribution is 0.494. The molecule has 1 aliphatic carbocycles. The maximum absolute atomic E-state index is 5.90. The molecule has 0 aliphatic heterocycles. The van der Waals surface area contributed by atoms with Crippen LogP contribution in [-0.4, -0.2) is 26.2 Å². The van der Waals surface area contributed by atoms with Crippen LogP contribution >= 0.6 is 0 Å². The van der Waals surface area contributed by atoms with Crippen molar-refractivity contribution >= 4 is 5.57 Å². The third kappa shape index (κ3) is 1.82. The SMILES string of the molecule is CC1CC(c2nnn(C)n2)=CC(N)C1. The second-order valence-electron chi connectivity index (χ2n) is 4.00. The fourth-order valence-corrected chi connectivity index (χ4v) is 1.90. The van der Waals surface area contributed by atoms with E-state index in [1.165, 1.54) is 4.80 Å². The average Bonchev–Trinajstić information content (AvgIpc) is 2.50. The first-order valence-electron chi connectivity index (χ1n) is 4.86. The summed E-state index contributed by atoms with van der Waals surface area (Å²) in [6.07, 6.45) is 4.10. The number of hydrogen-bond donors (Lipinski definition) is 1. The summed E-state index contributed by atoms with van der Waals surface area (Å²) in [6, 6.07) is 0.137. The van der Waals surface area contributed by atoms with Crippen molar-refractivity contribution in [3.05, 3.63) is 11.9 Å². The molecule has 0 saturated carbocycles. The zero-order chi connectivity index (χ0) is 10.1. The van der Waals surface area contributed by atoms with Crippen LogP contribution in [0.4, 0.5) is 0 Å². The van der Waals surface area contributed by atoms with Crippen molar-refractivity contribution in [2.24, 2.45) is 18.7 Å². The van der Waals surface area contributed by atoms with Gasteiger partial charge >= 0.3 is 0 Å². The predicted octanol–water partition coefficient (Wildman–Crippen LogP) is 0.351. The van der Waals surface area contributed by atoms with Gasteiger partial charge in [0.05, 0.1) is 7.05 Å². The van der Waals surface area contributed by atoms with Gasteiger partial charge in [-0.3, -0.25) is 0 Å². The summed E-state index contributed by atoms with van der Waals surface area (Å²) in [5, 5.41) is 12.0. The van der Waals surface area contributed by atoms with Crippen LogP contribution in [0.5, 0.6) is 0 Å². The highest BCUT2D eigenvalue weighted by molar-refractivity contribution is 5.61. The summed E-state index contributed by atoms with van der Waals surface area (Å²) >= 11 is 0. The lowest BCUT2D eigenvalue weighted by Gasteiger charge is -2.21. The van der Waals surface area contributed by atoms with Crippen LogP contribution < -0.4 is 5.73 Å². The molecular weight excluding hydrogens is 178 g/mol. The summed E-state index contributed by atoms with van der Waals surface area (Å²) in [6.45, 7) is 2.20. The molecule has 14 heavy (non-hydrogen) atoms. The van der Waals surface area contributed by atoms with Gasteiger partial charge in [-0.05, 0) is 29.5 Å². The first-order chi connectivity index (χ1) is 6.65. The van der Waals surface area contributed by atoms with Gasteiger partial charge in [0.2, 0.25) is 5.82 Å². The zero-order valence-electron chi connectivity index (χ0n) is 8.51. The molecule has 2 atom stereocenters. The molecule has 0 bridgehead atoms. The molecule has 5 heteroatoms. The van der Waals surface area contributed by atoms with E-state index in [4.69, 9.17) is 5.73 Å². The largest absolute Gasteiger partial charge is 0.324 e. The van der Waals surface area contributed by atoms with E-state index in [-0.39, 0.29) is 6.04 Å². The van der Waals surface area contributed by atoms with Crippen LogP contribution in [0.2, 0.25) is 0 Å². The van der Waals surface area contributed by atoms with Gasteiger partial charge in [0.15, 0.2) is 0 Å². The Labute approximate surface area is 83.0 Å². The van der Waals surface area contributed by atoms with Crippen molar-refractivity contribution in [2.75, 3.05) is 0 Å².